The molecular weight excluding hydrogens is 617 g/mol. The third-order valence-corrected chi connectivity index (χ3v) is 8.95. The van der Waals surface area contributed by atoms with Gasteiger partial charge in [-0.3, -0.25) is 19.2 Å². The van der Waals surface area contributed by atoms with E-state index in [-0.39, 0.29) is 30.3 Å². The molecule has 2 amide bonds. The number of methoxy groups -OCH3 is 1. The molecule has 0 radical (unpaired) electrons. The topological polar surface area (TPSA) is 139 Å². The number of nitrogens with one attached hydrogen (secondary N) is 1. The summed E-state index contributed by atoms with van der Waals surface area (Å²) >= 11 is 0. The molecule has 1 N–H and O–H groups in total. The number of aromatic nitrogens is 6. The van der Waals surface area contributed by atoms with Crippen LogP contribution in [0.2, 0.25) is 0 Å². The lowest BCUT2D eigenvalue weighted by Crippen LogP contribution is -2.48. The van der Waals surface area contributed by atoms with Gasteiger partial charge in [0.25, 0.3) is 5.91 Å². The summed E-state index contributed by atoms with van der Waals surface area (Å²) in [6, 6.07) is 11.1. The van der Waals surface area contributed by atoms with Gasteiger partial charge in [0.15, 0.2) is 11.6 Å². The van der Waals surface area contributed by atoms with Crippen LogP contribution in [0.5, 0.6) is 5.75 Å². The van der Waals surface area contributed by atoms with Crippen LogP contribution in [0.15, 0.2) is 59.4 Å². The molecule has 5 aromatic rings. The second-order valence-electron chi connectivity index (χ2n) is 12.0. The van der Waals surface area contributed by atoms with Crippen LogP contribution in [0, 0.1) is 12.7 Å². The predicted molar refractivity (Wildman–Crippen MR) is 174 cm³/mol. The highest BCUT2D eigenvalue weighted by molar-refractivity contribution is 6.05. The van der Waals surface area contributed by atoms with Crippen LogP contribution >= 0.6 is 0 Å². The van der Waals surface area contributed by atoms with Gasteiger partial charge in [-0.25, -0.2) is 4.39 Å². The van der Waals surface area contributed by atoms with Crippen molar-refractivity contribution in [3.63, 3.8) is 0 Å². The van der Waals surface area contributed by atoms with Crippen molar-refractivity contribution in [3.05, 3.63) is 83.7 Å². The summed E-state index contributed by atoms with van der Waals surface area (Å²) in [7, 11) is 1.60. The molecule has 13 nitrogen and oxygen atoms in total. The Morgan fingerprint density at radius 2 is 1.88 bits per heavy atom. The smallest absolute Gasteiger partial charge is 0.270 e. The zero-order valence-electron chi connectivity index (χ0n) is 26.9. The lowest BCUT2D eigenvalue weighted by molar-refractivity contribution is -0.131. The Hall–Kier alpha value is -5.37. The lowest BCUT2D eigenvalue weighted by Gasteiger charge is -2.33. The summed E-state index contributed by atoms with van der Waals surface area (Å²) in [5, 5.41) is 12.3. The van der Waals surface area contributed by atoms with Crippen molar-refractivity contribution < 1.29 is 23.2 Å². The third kappa shape index (κ3) is 6.30. The molecule has 1 saturated heterocycles. The van der Waals surface area contributed by atoms with Crippen LogP contribution in [0.4, 0.5) is 4.39 Å². The number of carbonyl (C=O) groups is 2. The van der Waals surface area contributed by atoms with Gasteiger partial charge in [0.05, 0.1) is 31.9 Å². The number of hydrogen-bond donors (Lipinski definition) is 1. The summed E-state index contributed by atoms with van der Waals surface area (Å²) < 4.78 is 29.0. The molecule has 0 atom stereocenters. The minimum absolute atomic E-state index is 0.0391. The number of nitrogens with zero attached hydrogens (tertiary/aromatic N) is 8. The number of halogens is 1. The normalized spacial score (nSPS) is 15.6. The largest absolute Gasteiger partial charge is 0.496 e. The minimum atomic E-state index is -0.467. The number of rotatable bonds is 9. The Balaban J connectivity index is 1.17. The van der Waals surface area contributed by atoms with E-state index in [9.17, 15) is 9.59 Å². The van der Waals surface area contributed by atoms with E-state index in [1.807, 2.05) is 36.4 Å². The zero-order valence-corrected chi connectivity index (χ0v) is 26.9. The molecule has 1 fully saturated rings. The van der Waals surface area contributed by atoms with Gasteiger partial charge in [0, 0.05) is 75.3 Å². The fourth-order valence-electron chi connectivity index (χ4n) is 6.46. The molecule has 0 unspecified atom stereocenters. The summed E-state index contributed by atoms with van der Waals surface area (Å²) in [4.78, 5) is 40.1. The van der Waals surface area contributed by atoms with Gasteiger partial charge in [0.1, 0.15) is 11.4 Å². The summed E-state index contributed by atoms with van der Waals surface area (Å²) in [5.74, 6) is 1.06. The number of ether oxygens (including phenoxy) is 1. The minimum Gasteiger partial charge on any atom is -0.496 e. The van der Waals surface area contributed by atoms with Crippen molar-refractivity contribution in [1.82, 2.24) is 44.8 Å². The standard InChI is InChI=1S/C34H36FN9O4/c1-22-37-30(39-48-22)21-41-14-16-42(17-15-41)34(46)28-19-27-26(24-7-3-4-8-29(24)47-2)18-25(32(35)33(27)38-28)23-6-5-11-43(20-23)31(45)9-12-44-13-10-36-40-44/h3-4,6-8,10,13,18-19,38H,5,9,11-12,14-17,20-21H2,1-2H3. The van der Waals surface area contributed by atoms with Crippen LogP contribution in [-0.2, 0) is 17.9 Å². The Kier molecular flexibility index (Phi) is 8.72. The van der Waals surface area contributed by atoms with Crippen LogP contribution in [0.25, 0.3) is 27.6 Å². The first-order valence-corrected chi connectivity index (χ1v) is 16.0. The molecule has 14 heteroatoms. The molecule has 0 aliphatic carbocycles. The average molecular weight is 654 g/mol. The Labute approximate surface area is 275 Å². The van der Waals surface area contributed by atoms with E-state index in [1.54, 1.807) is 47.0 Å². The highest BCUT2D eigenvalue weighted by atomic mass is 19.1. The highest BCUT2D eigenvalue weighted by Crippen LogP contribution is 2.40. The first-order chi connectivity index (χ1) is 23.4. The van der Waals surface area contributed by atoms with Crippen molar-refractivity contribution in [2.45, 2.75) is 32.9 Å². The molecular formula is C34H36FN9O4. The van der Waals surface area contributed by atoms with Gasteiger partial charge in [-0.1, -0.05) is 34.6 Å². The monoisotopic (exact) mass is 653 g/mol. The fraction of sp³-hybridized carbons (Fsp3) is 0.353. The van der Waals surface area contributed by atoms with Gasteiger partial charge < -0.3 is 24.0 Å². The van der Waals surface area contributed by atoms with Crippen LogP contribution in [0.1, 0.15) is 40.6 Å². The van der Waals surface area contributed by atoms with E-state index < -0.39 is 5.82 Å². The number of hydrogen-bond acceptors (Lipinski definition) is 9. The molecule has 3 aromatic heterocycles. The number of aryl methyl sites for hydroxylation is 2. The first kappa shape index (κ1) is 31.2. The second kappa shape index (κ2) is 13.4. The van der Waals surface area contributed by atoms with E-state index >= 15 is 4.39 Å². The molecule has 7 rings (SSSR count). The molecule has 5 heterocycles. The molecule has 0 bridgehead atoms. The SMILES string of the molecule is COc1ccccc1-c1cc(C2=CCCN(C(=O)CCn3ccnn3)C2)c(F)c2[nH]c(C(=O)N3CCN(Cc4noc(C)n4)CC3)cc12. The fourth-order valence-corrected chi connectivity index (χ4v) is 6.46. The molecule has 248 valence electrons. The number of aromatic amines is 1. The Morgan fingerprint density at radius 3 is 2.62 bits per heavy atom. The maximum Gasteiger partial charge on any atom is 0.270 e. The summed E-state index contributed by atoms with van der Waals surface area (Å²) in [6.07, 6.45) is 6.14. The third-order valence-electron chi connectivity index (χ3n) is 8.95. The maximum absolute atomic E-state index is 16.6. The van der Waals surface area contributed by atoms with E-state index in [1.165, 1.54) is 0 Å². The average Bonchev–Trinajstić information content (AvgIpc) is 3.90. The Bertz CT molecular complexity index is 1980. The van der Waals surface area contributed by atoms with E-state index in [2.05, 4.69) is 30.3 Å². The van der Waals surface area contributed by atoms with Gasteiger partial charge in [-0.05, 0) is 35.8 Å². The van der Waals surface area contributed by atoms with Gasteiger partial charge >= 0.3 is 0 Å². The van der Waals surface area contributed by atoms with Gasteiger partial charge in [0.2, 0.25) is 11.8 Å². The predicted octanol–water partition coefficient (Wildman–Crippen LogP) is 3.93. The summed E-state index contributed by atoms with van der Waals surface area (Å²) in [5.41, 5.74) is 3.13. The van der Waals surface area contributed by atoms with Crippen LogP contribution in [0.3, 0.4) is 0 Å². The van der Waals surface area contributed by atoms with Crippen LogP contribution < -0.4 is 4.74 Å². The second-order valence-corrected chi connectivity index (χ2v) is 12.0. The number of piperazine rings is 1. The summed E-state index contributed by atoms with van der Waals surface area (Å²) in [6.45, 7) is 5.83. The number of fused-ring (bicyclic) bond motifs is 1. The van der Waals surface area contributed by atoms with Gasteiger partial charge in [-0.15, -0.1) is 5.10 Å². The Morgan fingerprint density at radius 1 is 1.04 bits per heavy atom. The molecule has 2 aliphatic rings. The van der Waals surface area contributed by atoms with Crippen LogP contribution in [-0.4, -0.2) is 103 Å². The molecule has 2 aromatic carbocycles. The first-order valence-electron chi connectivity index (χ1n) is 16.0. The van der Waals surface area contributed by atoms with Crippen molar-refractivity contribution in [2.75, 3.05) is 46.4 Å². The van der Waals surface area contributed by atoms with Crippen molar-refractivity contribution in [2.24, 2.45) is 0 Å². The van der Waals surface area contributed by atoms with E-state index in [4.69, 9.17) is 9.26 Å². The van der Waals surface area contributed by atoms with Gasteiger partial charge in [-0.2, -0.15) is 4.98 Å². The molecule has 48 heavy (non-hydrogen) atoms. The lowest BCUT2D eigenvalue weighted by atomic mass is 9.93. The number of benzene rings is 2. The number of H-pyrrole nitrogens is 1. The van der Waals surface area contributed by atoms with Crippen molar-refractivity contribution in [3.8, 4) is 16.9 Å². The van der Waals surface area contributed by atoms with E-state index in [0.29, 0.717) is 91.9 Å². The zero-order chi connectivity index (χ0) is 33.2. The maximum atomic E-state index is 16.6. The molecule has 0 saturated carbocycles. The number of amides is 2. The van der Waals surface area contributed by atoms with Crippen molar-refractivity contribution >= 4 is 28.3 Å². The number of carbonyl (C=O) groups excluding carboxylic acids is 2. The quantitative estimate of drug-likeness (QED) is 0.251. The number of para-hydroxylation sites is 1. The van der Waals surface area contributed by atoms with E-state index in [0.717, 1.165) is 11.1 Å². The molecule has 2 aliphatic heterocycles. The van der Waals surface area contributed by atoms with Crippen molar-refractivity contribution in [1.29, 1.82) is 0 Å². The highest BCUT2D eigenvalue weighted by Gasteiger charge is 2.28. The molecule has 0 spiro atoms.